The second-order valence-electron chi connectivity index (χ2n) is 4.89. The lowest BCUT2D eigenvalue weighted by molar-refractivity contribution is 0.0800. The van der Waals surface area contributed by atoms with Crippen LogP contribution in [0.5, 0.6) is 0 Å². The van der Waals surface area contributed by atoms with E-state index in [-0.39, 0.29) is 0 Å². The van der Waals surface area contributed by atoms with Gasteiger partial charge in [-0.2, -0.15) is 11.8 Å². The number of anilines is 1. The molecule has 0 radical (unpaired) electrons. The first-order chi connectivity index (χ1) is 8.44. The molecule has 4 N–H and O–H groups in total. The average Bonchev–Trinajstić information content (AvgIpc) is 2.71. The van der Waals surface area contributed by atoms with Crippen LogP contribution < -0.4 is 5.73 Å². The normalized spacial score (nSPS) is 14.9. The number of benzene rings is 1. The Kier molecular flexibility index (Phi) is 3.59. The molecule has 2 rings (SSSR count). The topological polar surface area (TPSA) is 62.0 Å². The van der Waals surface area contributed by atoms with E-state index in [4.69, 9.17) is 5.73 Å². The quantitative estimate of drug-likeness (QED) is 0.744. The summed E-state index contributed by atoms with van der Waals surface area (Å²) in [7, 11) is 0. The lowest BCUT2D eigenvalue weighted by Gasteiger charge is -2.21. The molecule has 4 heteroatoms. The molecular weight excluding hydrogens is 244 g/mol. The van der Waals surface area contributed by atoms with Gasteiger partial charge < -0.3 is 15.8 Å². The minimum Gasteiger partial charge on any atom is -0.398 e. The van der Waals surface area contributed by atoms with Gasteiger partial charge in [0.1, 0.15) is 5.60 Å². The third-order valence-corrected chi connectivity index (χ3v) is 4.35. The van der Waals surface area contributed by atoms with Crippen molar-refractivity contribution in [1.82, 2.24) is 4.98 Å². The van der Waals surface area contributed by atoms with E-state index in [0.717, 1.165) is 33.6 Å². The van der Waals surface area contributed by atoms with Crippen LogP contribution in [0.2, 0.25) is 0 Å². The van der Waals surface area contributed by atoms with Crippen molar-refractivity contribution in [2.75, 3.05) is 17.2 Å². The number of nitrogens with two attached hydrogens (primary N) is 1. The second kappa shape index (κ2) is 4.86. The Hall–Kier alpha value is -1.13. The zero-order chi connectivity index (χ0) is 13.3. The molecule has 0 saturated heterocycles. The molecule has 1 heterocycles. The summed E-state index contributed by atoms with van der Waals surface area (Å²) in [5.74, 6) is 1.69. The highest BCUT2D eigenvalue weighted by atomic mass is 32.2. The lowest BCUT2D eigenvalue weighted by Crippen LogP contribution is -2.24. The van der Waals surface area contributed by atoms with E-state index in [2.05, 4.69) is 11.9 Å². The molecule has 0 aliphatic rings. The van der Waals surface area contributed by atoms with Crippen molar-refractivity contribution in [2.45, 2.75) is 26.4 Å². The number of hydrogen-bond acceptors (Lipinski definition) is 3. The van der Waals surface area contributed by atoms with E-state index < -0.39 is 5.60 Å². The predicted molar refractivity (Wildman–Crippen MR) is 80.0 cm³/mol. The molecule has 1 atom stereocenters. The molecule has 0 fully saturated rings. The molecule has 1 aromatic heterocycles. The number of aromatic amines is 1. The summed E-state index contributed by atoms with van der Waals surface area (Å²) in [4.78, 5) is 3.29. The molecule has 0 bridgehead atoms. The molecule has 3 nitrogen and oxygen atoms in total. The van der Waals surface area contributed by atoms with Crippen molar-refractivity contribution in [3.8, 4) is 0 Å². The molecule has 0 amide bonds. The Morgan fingerprint density at radius 1 is 1.39 bits per heavy atom. The Labute approximate surface area is 112 Å². The highest BCUT2D eigenvalue weighted by molar-refractivity contribution is 7.99. The van der Waals surface area contributed by atoms with Crippen molar-refractivity contribution in [1.29, 1.82) is 0 Å². The van der Waals surface area contributed by atoms with Crippen LogP contribution in [0.25, 0.3) is 10.9 Å². The minimum absolute atomic E-state index is 0.685. The highest BCUT2D eigenvalue weighted by Gasteiger charge is 2.24. The van der Waals surface area contributed by atoms with Crippen LogP contribution in [0.15, 0.2) is 18.2 Å². The number of aryl methyl sites for hydroxylation is 1. The zero-order valence-corrected chi connectivity index (χ0v) is 11.9. The monoisotopic (exact) mass is 264 g/mol. The number of nitrogen functional groups attached to an aromatic ring is 1. The minimum atomic E-state index is -0.831. The van der Waals surface area contributed by atoms with Gasteiger partial charge >= 0.3 is 0 Å². The van der Waals surface area contributed by atoms with Gasteiger partial charge in [0.25, 0.3) is 0 Å². The first kappa shape index (κ1) is 13.3. The van der Waals surface area contributed by atoms with E-state index in [1.807, 2.05) is 32.0 Å². The lowest BCUT2D eigenvalue weighted by atomic mass is 10.1. The number of H-pyrrole nitrogens is 1. The van der Waals surface area contributed by atoms with Gasteiger partial charge in [0.05, 0.1) is 0 Å². The van der Waals surface area contributed by atoms with Gasteiger partial charge in [-0.3, -0.25) is 0 Å². The molecule has 98 valence electrons. The third kappa shape index (κ3) is 2.49. The maximum Gasteiger partial charge on any atom is 0.110 e. The zero-order valence-electron chi connectivity index (χ0n) is 11.1. The molecule has 0 spiro atoms. The van der Waals surface area contributed by atoms with Crippen molar-refractivity contribution in [3.63, 3.8) is 0 Å². The van der Waals surface area contributed by atoms with Crippen LogP contribution in [-0.4, -0.2) is 21.6 Å². The molecule has 1 aromatic carbocycles. The van der Waals surface area contributed by atoms with E-state index in [9.17, 15) is 5.11 Å². The fraction of sp³-hybridized carbons (Fsp3) is 0.429. The summed E-state index contributed by atoms with van der Waals surface area (Å²) in [5.41, 5.74) is 8.79. The first-order valence-electron chi connectivity index (χ1n) is 6.13. The molecule has 0 saturated carbocycles. The summed E-state index contributed by atoms with van der Waals surface area (Å²) in [6.45, 7) is 5.92. The number of aliphatic hydroxyl groups is 1. The van der Waals surface area contributed by atoms with Crippen LogP contribution in [0.3, 0.4) is 0 Å². The van der Waals surface area contributed by atoms with E-state index in [0.29, 0.717) is 5.75 Å². The summed E-state index contributed by atoms with van der Waals surface area (Å²) in [6.07, 6.45) is 0. The van der Waals surface area contributed by atoms with E-state index in [1.54, 1.807) is 11.8 Å². The molecular formula is C14H20N2OS. The van der Waals surface area contributed by atoms with Crippen molar-refractivity contribution < 1.29 is 5.11 Å². The SMILES string of the molecule is CCSCC(C)(O)c1cc2cc(N)c(C)cc2[nH]1. The van der Waals surface area contributed by atoms with Gasteiger partial charge in [-0.05, 0) is 43.4 Å². The first-order valence-corrected chi connectivity index (χ1v) is 7.29. The molecule has 0 aliphatic carbocycles. The Morgan fingerprint density at radius 3 is 2.78 bits per heavy atom. The van der Waals surface area contributed by atoms with Crippen LogP contribution in [0.1, 0.15) is 25.1 Å². The van der Waals surface area contributed by atoms with E-state index in [1.165, 1.54) is 0 Å². The molecule has 1 unspecified atom stereocenters. The number of hydrogen-bond donors (Lipinski definition) is 3. The third-order valence-electron chi connectivity index (χ3n) is 3.17. The number of fused-ring (bicyclic) bond motifs is 1. The number of aromatic nitrogens is 1. The fourth-order valence-electron chi connectivity index (χ4n) is 1.98. The van der Waals surface area contributed by atoms with Crippen molar-refractivity contribution in [2.24, 2.45) is 0 Å². The van der Waals surface area contributed by atoms with Crippen LogP contribution in [0, 0.1) is 6.92 Å². The van der Waals surface area contributed by atoms with Crippen molar-refractivity contribution >= 4 is 28.4 Å². The van der Waals surface area contributed by atoms with Gasteiger partial charge in [0, 0.05) is 28.0 Å². The highest BCUT2D eigenvalue weighted by Crippen LogP contribution is 2.29. The smallest absolute Gasteiger partial charge is 0.110 e. The summed E-state index contributed by atoms with van der Waals surface area (Å²) in [5, 5.41) is 11.5. The fourth-order valence-corrected chi connectivity index (χ4v) is 2.73. The van der Waals surface area contributed by atoms with Crippen molar-refractivity contribution in [3.05, 3.63) is 29.5 Å². The largest absolute Gasteiger partial charge is 0.398 e. The molecule has 2 aromatic rings. The summed E-state index contributed by atoms with van der Waals surface area (Å²) >= 11 is 1.73. The van der Waals surface area contributed by atoms with Gasteiger partial charge in [0.2, 0.25) is 0 Å². The summed E-state index contributed by atoms with van der Waals surface area (Å²) < 4.78 is 0. The average molecular weight is 264 g/mol. The van der Waals surface area contributed by atoms with Gasteiger partial charge in [-0.1, -0.05) is 6.92 Å². The Bertz CT molecular complexity index is 521. The maximum absolute atomic E-state index is 10.5. The summed E-state index contributed by atoms with van der Waals surface area (Å²) in [6, 6.07) is 5.96. The van der Waals surface area contributed by atoms with Crippen LogP contribution >= 0.6 is 11.8 Å². The molecule has 18 heavy (non-hydrogen) atoms. The number of rotatable bonds is 4. The van der Waals surface area contributed by atoms with Crippen LogP contribution in [-0.2, 0) is 5.60 Å². The maximum atomic E-state index is 10.5. The Morgan fingerprint density at radius 2 is 2.11 bits per heavy atom. The number of thioether (sulfide) groups is 1. The van der Waals surface area contributed by atoms with E-state index >= 15 is 0 Å². The number of nitrogens with one attached hydrogen (secondary N) is 1. The standard InChI is InChI=1S/C14H20N2OS/c1-4-18-8-14(3,17)13-7-10-6-11(15)9(2)5-12(10)16-13/h5-7,16-17H,4,8,15H2,1-3H3. The molecule has 0 aliphatic heterocycles. The van der Waals surface area contributed by atoms with Gasteiger partial charge in [-0.25, -0.2) is 0 Å². The second-order valence-corrected chi connectivity index (χ2v) is 6.16. The van der Waals surface area contributed by atoms with Gasteiger partial charge in [-0.15, -0.1) is 0 Å². The van der Waals surface area contributed by atoms with Crippen LogP contribution in [0.4, 0.5) is 5.69 Å². The predicted octanol–water partition coefficient (Wildman–Crippen LogP) is 3.02. The van der Waals surface area contributed by atoms with Gasteiger partial charge in [0.15, 0.2) is 0 Å². The Balaban J connectivity index is 2.40.